The van der Waals surface area contributed by atoms with Crippen molar-refractivity contribution >= 4 is 11.6 Å². The number of pyridine rings is 1. The van der Waals surface area contributed by atoms with Crippen LogP contribution >= 0.6 is 11.6 Å². The fourth-order valence-electron chi connectivity index (χ4n) is 0.904. The van der Waals surface area contributed by atoms with Crippen molar-refractivity contribution in [3.63, 3.8) is 0 Å². The maximum Gasteiger partial charge on any atom is 0.171 e. The van der Waals surface area contributed by atoms with E-state index in [1.54, 1.807) is 7.11 Å². The Morgan fingerprint density at radius 2 is 2.29 bits per heavy atom. The summed E-state index contributed by atoms with van der Waals surface area (Å²) in [5, 5.41) is 9.36. The van der Waals surface area contributed by atoms with E-state index in [4.69, 9.17) is 26.2 Å². The molecule has 0 aromatic carbocycles. The third kappa shape index (κ3) is 3.40. The van der Waals surface area contributed by atoms with E-state index >= 15 is 0 Å². The Hall–Kier alpha value is -1.00. The second-order valence-corrected chi connectivity index (χ2v) is 3.04. The van der Waals surface area contributed by atoms with Crippen LogP contribution in [0.25, 0.3) is 0 Å². The number of hydrogen-bond acceptors (Lipinski definition) is 4. The zero-order valence-corrected chi connectivity index (χ0v) is 8.62. The van der Waals surface area contributed by atoms with Crippen molar-refractivity contribution in [1.29, 1.82) is 0 Å². The number of halogens is 1. The summed E-state index contributed by atoms with van der Waals surface area (Å²) in [5.74, 6) is 0.430. The van der Waals surface area contributed by atoms with Crippen molar-refractivity contribution in [3.8, 4) is 11.5 Å². The van der Waals surface area contributed by atoms with Gasteiger partial charge in [0.1, 0.15) is 5.75 Å². The summed E-state index contributed by atoms with van der Waals surface area (Å²) in [6, 6.07) is 1.43. The number of hydrogen-bond donors (Lipinski definition) is 1. The van der Waals surface area contributed by atoms with Crippen LogP contribution in [0.3, 0.4) is 0 Å². The lowest BCUT2D eigenvalue weighted by Gasteiger charge is -2.06. The minimum Gasteiger partial charge on any atom is -0.506 e. The molecule has 14 heavy (non-hydrogen) atoms. The van der Waals surface area contributed by atoms with E-state index < -0.39 is 0 Å². The van der Waals surface area contributed by atoms with Crippen LogP contribution in [0.2, 0.25) is 5.15 Å². The van der Waals surface area contributed by atoms with Crippen LogP contribution in [-0.2, 0) is 4.74 Å². The average Bonchev–Trinajstić information content (AvgIpc) is 2.18. The summed E-state index contributed by atoms with van der Waals surface area (Å²) in [6.45, 7) is 1.11. The SMILES string of the molecule is COCCCOc1cc(O)cnc1Cl. The molecule has 0 aliphatic rings. The van der Waals surface area contributed by atoms with E-state index in [1.807, 2.05) is 0 Å². The molecule has 0 radical (unpaired) electrons. The van der Waals surface area contributed by atoms with Gasteiger partial charge in [0.15, 0.2) is 10.9 Å². The van der Waals surface area contributed by atoms with E-state index in [0.29, 0.717) is 19.0 Å². The predicted molar refractivity (Wildman–Crippen MR) is 52.9 cm³/mol. The van der Waals surface area contributed by atoms with Crippen molar-refractivity contribution in [1.82, 2.24) is 4.98 Å². The Morgan fingerprint density at radius 1 is 1.50 bits per heavy atom. The summed E-state index contributed by atoms with van der Waals surface area (Å²) in [4.78, 5) is 3.74. The number of methoxy groups -OCH3 is 1. The zero-order valence-electron chi connectivity index (χ0n) is 7.86. The fraction of sp³-hybridized carbons (Fsp3) is 0.444. The first-order chi connectivity index (χ1) is 6.74. The molecular weight excluding hydrogens is 206 g/mol. The lowest BCUT2D eigenvalue weighted by Crippen LogP contribution is -2.01. The van der Waals surface area contributed by atoms with Gasteiger partial charge in [0, 0.05) is 26.2 Å². The topological polar surface area (TPSA) is 51.6 Å². The van der Waals surface area contributed by atoms with Gasteiger partial charge >= 0.3 is 0 Å². The van der Waals surface area contributed by atoms with Crippen molar-refractivity contribution in [2.45, 2.75) is 6.42 Å². The highest BCUT2D eigenvalue weighted by Gasteiger charge is 2.03. The Balaban J connectivity index is 2.45. The molecule has 5 heteroatoms. The van der Waals surface area contributed by atoms with Crippen molar-refractivity contribution in [3.05, 3.63) is 17.4 Å². The van der Waals surface area contributed by atoms with Gasteiger partial charge in [-0.3, -0.25) is 0 Å². The minimum absolute atomic E-state index is 0.0381. The first-order valence-electron chi connectivity index (χ1n) is 4.20. The highest BCUT2D eigenvalue weighted by atomic mass is 35.5. The fourth-order valence-corrected chi connectivity index (χ4v) is 1.06. The second kappa shape index (κ2) is 5.67. The second-order valence-electron chi connectivity index (χ2n) is 2.68. The van der Waals surface area contributed by atoms with Gasteiger partial charge in [0.05, 0.1) is 12.8 Å². The summed E-state index contributed by atoms with van der Waals surface area (Å²) >= 11 is 5.73. The average molecular weight is 218 g/mol. The quantitative estimate of drug-likeness (QED) is 0.604. The van der Waals surface area contributed by atoms with Crippen LogP contribution in [0.4, 0.5) is 0 Å². The van der Waals surface area contributed by atoms with E-state index in [-0.39, 0.29) is 10.9 Å². The first kappa shape index (κ1) is 11.1. The van der Waals surface area contributed by atoms with Gasteiger partial charge in [-0.1, -0.05) is 11.6 Å². The van der Waals surface area contributed by atoms with Crippen LogP contribution in [0.15, 0.2) is 12.3 Å². The van der Waals surface area contributed by atoms with Gasteiger partial charge in [-0.05, 0) is 0 Å². The van der Waals surface area contributed by atoms with Gasteiger partial charge in [-0.2, -0.15) is 0 Å². The summed E-state index contributed by atoms with van der Waals surface area (Å²) in [5.41, 5.74) is 0. The Morgan fingerprint density at radius 3 is 3.00 bits per heavy atom. The summed E-state index contributed by atoms with van der Waals surface area (Å²) in [6.07, 6.45) is 2.03. The van der Waals surface area contributed by atoms with Gasteiger partial charge in [-0.25, -0.2) is 4.98 Å². The molecule has 0 bridgehead atoms. The summed E-state index contributed by atoms with van der Waals surface area (Å²) < 4.78 is 10.1. The number of aromatic nitrogens is 1. The molecule has 1 rings (SSSR count). The molecule has 0 aliphatic carbocycles. The molecule has 0 spiro atoms. The van der Waals surface area contributed by atoms with Crippen LogP contribution < -0.4 is 4.74 Å². The molecule has 0 unspecified atom stereocenters. The largest absolute Gasteiger partial charge is 0.506 e. The predicted octanol–water partition coefficient (Wildman–Crippen LogP) is 1.86. The van der Waals surface area contributed by atoms with E-state index in [2.05, 4.69) is 4.98 Å². The van der Waals surface area contributed by atoms with Crippen LogP contribution in [0.5, 0.6) is 11.5 Å². The number of rotatable bonds is 5. The van der Waals surface area contributed by atoms with Crippen LogP contribution in [0.1, 0.15) is 6.42 Å². The molecule has 1 aromatic heterocycles. The van der Waals surface area contributed by atoms with Crippen molar-refractivity contribution in [2.75, 3.05) is 20.3 Å². The molecule has 0 aliphatic heterocycles. The minimum atomic E-state index is 0.0381. The monoisotopic (exact) mass is 217 g/mol. The highest BCUT2D eigenvalue weighted by Crippen LogP contribution is 2.25. The molecule has 1 N–H and O–H groups in total. The molecule has 4 nitrogen and oxygen atoms in total. The summed E-state index contributed by atoms with van der Waals surface area (Å²) in [7, 11) is 1.63. The molecule has 0 atom stereocenters. The molecule has 1 heterocycles. The normalized spacial score (nSPS) is 10.1. The third-order valence-electron chi connectivity index (χ3n) is 1.54. The maximum atomic E-state index is 9.11. The van der Waals surface area contributed by atoms with E-state index in [1.165, 1.54) is 12.3 Å². The van der Waals surface area contributed by atoms with Gasteiger partial charge in [0.25, 0.3) is 0 Å². The van der Waals surface area contributed by atoms with Gasteiger partial charge in [0.2, 0.25) is 0 Å². The smallest absolute Gasteiger partial charge is 0.171 e. The maximum absolute atomic E-state index is 9.11. The van der Waals surface area contributed by atoms with Gasteiger partial charge < -0.3 is 14.6 Å². The van der Waals surface area contributed by atoms with Crippen LogP contribution in [-0.4, -0.2) is 30.4 Å². The van der Waals surface area contributed by atoms with E-state index in [9.17, 15) is 0 Å². The molecule has 0 fully saturated rings. The van der Waals surface area contributed by atoms with Crippen molar-refractivity contribution < 1.29 is 14.6 Å². The molecule has 0 saturated heterocycles. The Kier molecular flexibility index (Phi) is 4.49. The van der Waals surface area contributed by atoms with Gasteiger partial charge in [-0.15, -0.1) is 0 Å². The highest BCUT2D eigenvalue weighted by molar-refractivity contribution is 6.30. The lowest BCUT2D eigenvalue weighted by molar-refractivity contribution is 0.172. The number of ether oxygens (including phenoxy) is 2. The lowest BCUT2D eigenvalue weighted by atomic mass is 10.4. The Bertz CT molecular complexity index is 293. The molecule has 78 valence electrons. The Labute approximate surface area is 87.4 Å². The molecule has 0 saturated carbocycles. The van der Waals surface area contributed by atoms with Crippen molar-refractivity contribution in [2.24, 2.45) is 0 Å². The number of aromatic hydroxyl groups is 1. The molecule has 1 aromatic rings. The van der Waals surface area contributed by atoms with Crippen LogP contribution in [0, 0.1) is 0 Å². The molecular formula is C9H12ClNO3. The first-order valence-corrected chi connectivity index (χ1v) is 4.58. The standard InChI is InChI=1S/C9H12ClNO3/c1-13-3-2-4-14-8-5-7(12)6-11-9(8)10/h5-6,12H,2-4H2,1H3. The number of nitrogens with zero attached hydrogens (tertiary/aromatic N) is 1. The molecule has 0 amide bonds. The zero-order chi connectivity index (χ0) is 10.4. The van der Waals surface area contributed by atoms with E-state index in [0.717, 1.165) is 6.42 Å². The third-order valence-corrected chi connectivity index (χ3v) is 1.83.